The van der Waals surface area contributed by atoms with E-state index < -0.39 is 0 Å². The van der Waals surface area contributed by atoms with Gasteiger partial charge in [0.05, 0.1) is 18.2 Å². The first-order valence-electron chi connectivity index (χ1n) is 8.99. The number of nitrogens with one attached hydrogen (secondary N) is 1. The monoisotopic (exact) mass is 362 g/mol. The second-order valence-electron chi connectivity index (χ2n) is 6.93. The van der Waals surface area contributed by atoms with Crippen LogP contribution in [0.25, 0.3) is 22.0 Å². The summed E-state index contributed by atoms with van der Waals surface area (Å²) >= 11 is 0. The van der Waals surface area contributed by atoms with Crippen LogP contribution in [0.2, 0.25) is 0 Å². The maximum absolute atomic E-state index is 13.1. The van der Waals surface area contributed by atoms with Gasteiger partial charge in [0.2, 0.25) is 0 Å². The fraction of sp³-hybridized carbons (Fsp3) is 0.286. The van der Waals surface area contributed by atoms with Crippen molar-refractivity contribution in [1.82, 2.24) is 14.9 Å². The minimum Gasteiger partial charge on any atom is -0.497 e. The zero-order chi connectivity index (χ0) is 19.0. The van der Waals surface area contributed by atoms with E-state index in [9.17, 15) is 4.79 Å². The normalized spacial score (nSPS) is 12.4. The second-order valence-corrected chi connectivity index (χ2v) is 6.93. The van der Waals surface area contributed by atoms with Gasteiger partial charge in [0.1, 0.15) is 11.6 Å². The lowest BCUT2D eigenvalue weighted by Crippen LogP contribution is -2.17. The molecule has 0 atom stereocenters. The van der Waals surface area contributed by atoms with E-state index in [-0.39, 0.29) is 5.78 Å². The Balaban J connectivity index is 1.85. The molecule has 0 unspecified atom stereocenters. The number of hydrogen-bond acceptors (Lipinski definition) is 6. The highest BCUT2D eigenvalue weighted by Crippen LogP contribution is 2.43. The molecule has 2 heterocycles. The molecular formula is C21H22N4O2. The van der Waals surface area contributed by atoms with Crippen molar-refractivity contribution in [3.05, 3.63) is 47.8 Å². The number of anilines is 1. The summed E-state index contributed by atoms with van der Waals surface area (Å²) in [5.41, 5.74) is 3.93. The summed E-state index contributed by atoms with van der Waals surface area (Å²) in [6.07, 6.45) is 4.33. The largest absolute Gasteiger partial charge is 0.497 e. The van der Waals surface area contributed by atoms with Crippen molar-refractivity contribution >= 4 is 22.5 Å². The average molecular weight is 362 g/mol. The molecule has 0 radical (unpaired) electrons. The van der Waals surface area contributed by atoms with E-state index in [0.717, 1.165) is 47.3 Å². The molecule has 4 rings (SSSR count). The number of rotatable bonds is 6. The van der Waals surface area contributed by atoms with Crippen LogP contribution in [0, 0.1) is 0 Å². The van der Waals surface area contributed by atoms with Crippen molar-refractivity contribution in [3.8, 4) is 16.9 Å². The Morgan fingerprint density at radius 1 is 1.15 bits per heavy atom. The molecule has 138 valence electrons. The van der Waals surface area contributed by atoms with Crippen LogP contribution >= 0.6 is 0 Å². The molecule has 0 saturated heterocycles. The number of nitrogens with zero attached hydrogens (tertiary/aromatic N) is 3. The van der Waals surface area contributed by atoms with Gasteiger partial charge < -0.3 is 15.0 Å². The Labute approximate surface area is 158 Å². The first kappa shape index (κ1) is 17.4. The first-order chi connectivity index (χ1) is 13.1. The van der Waals surface area contributed by atoms with Crippen LogP contribution in [-0.4, -0.2) is 54.9 Å². The molecule has 6 nitrogen and oxygen atoms in total. The maximum atomic E-state index is 13.1. The van der Waals surface area contributed by atoms with Crippen LogP contribution in [-0.2, 0) is 0 Å². The summed E-state index contributed by atoms with van der Waals surface area (Å²) in [4.78, 5) is 24.1. The number of benzene rings is 1. The standard InChI is InChI=1S/C21H22N4O2/c1-25(2)10-4-8-23-21-19-18(14-7-9-22-12-16(14)20(19)26)15-6-5-13(27-3)11-17(15)24-21/h5-7,9,11-12H,4,8,10H2,1-3H3,(H,23,24). The molecule has 0 amide bonds. The molecule has 0 saturated carbocycles. The van der Waals surface area contributed by atoms with E-state index in [4.69, 9.17) is 9.72 Å². The molecule has 1 aliphatic rings. The van der Waals surface area contributed by atoms with E-state index in [1.165, 1.54) is 0 Å². The van der Waals surface area contributed by atoms with Crippen molar-refractivity contribution in [2.75, 3.05) is 39.6 Å². The van der Waals surface area contributed by atoms with Crippen molar-refractivity contribution < 1.29 is 9.53 Å². The van der Waals surface area contributed by atoms with Crippen LogP contribution in [0.5, 0.6) is 5.75 Å². The minimum atomic E-state index is -0.0200. The number of carbonyl (C=O) groups is 1. The molecule has 0 bridgehead atoms. The number of hydrogen-bond donors (Lipinski definition) is 1. The summed E-state index contributed by atoms with van der Waals surface area (Å²) in [6.45, 7) is 1.71. The summed E-state index contributed by atoms with van der Waals surface area (Å²) in [7, 11) is 5.73. The van der Waals surface area contributed by atoms with Gasteiger partial charge >= 0.3 is 0 Å². The number of aromatic nitrogens is 2. The van der Waals surface area contributed by atoms with E-state index in [2.05, 4.69) is 15.2 Å². The van der Waals surface area contributed by atoms with Crippen LogP contribution < -0.4 is 10.1 Å². The van der Waals surface area contributed by atoms with Crippen molar-refractivity contribution in [2.45, 2.75) is 6.42 Å². The average Bonchev–Trinajstić information content (AvgIpc) is 2.98. The second kappa shape index (κ2) is 6.96. The maximum Gasteiger partial charge on any atom is 0.199 e. The van der Waals surface area contributed by atoms with E-state index in [0.29, 0.717) is 16.9 Å². The van der Waals surface area contributed by atoms with Gasteiger partial charge in [-0.15, -0.1) is 0 Å². The van der Waals surface area contributed by atoms with Gasteiger partial charge in [-0.3, -0.25) is 9.78 Å². The third kappa shape index (κ3) is 3.02. The Bertz CT molecular complexity index is 1030. The minimum absolute atomic E-state index is 0.0200. The van der Waals surface area contributed by atoms with E-state index >= 15 is 0 Å². The van der Waals surface area contributed by atoms with Crippen LogP contribution in [0.15, 0.2) is 36.7 Å². The van der Waals surface area contributed by atoms with Crippen molar-refractivity contribution in [3.63, 3.8) is 0 Å². The number of fused-ring (bicyclic) bond motifs is 5. The summed E-state index contributed by atoms with van der Waals surface area (Å²) in [5, 5.41) is 4.32. The number of ether oxygens (including phenoxy) is 1. The molecule has 1 aliphatic carbocycles. The quantitative estimate of drug-likeness (QED) is 0.531. The highest BCUT2D eigenvalue weighted by Gasteiger charge is 2.32. The molecule has 0 aliphatic heterocycles. The van der Waals surface area contributed by atoms with Crippen LogP contribution in [0.1, 0.15) is 22.3 Å². The zero-order valence-corrected chi connectivity index (χ0v) is 15.7. The predicted molar refractivity (Wildman–Crippen MR) is 107 cm³/mol. The van der Waals surface area contributed by atoms with Gasteiger partial charge in [0.15, 0.2) is 5.78 Å². The molecule has 27 heavy (non-hydrogen) atoms. The Morgan fingerprint density at radius 3 is 2.78 bits per heavy atom. The summed E-state index contributed by atoms with van der Waals surface area (Å²) < 4.78 is 5.35. The first-order valence-corrected chi connectivity index (χ1v) is 8.99. The van der Waals surface area contributed by atoms with Gasteiger partial charge in [-0.1, -0.05) is 0 Å². The van der Waals surface area contributed by atoms with Gasteiger partial charge in [0, 0.05) is 41.5 Å². The molecular weight excluding hydrogens is 340 g/mol. The fourth-order valence-corrected chi connectivity index (χ4v) is 3.53. The van der Waals surface area contributed by atoms with Gasteiger partial charge in [-0.25, -0.2) is 4.98 Å². The lowest BCUT2D eigenvalue weighted by atomic mass is 10.0. The van der Waals surface area contributed by atoms with Crippen molar-refractivity contribution in [2.24, 2.45) is 0 Å². The molecule has 1 N–H and O–H groups in total. The molecule has 0 spiro atoms. The molecule has 1 aromatic carbocycles. The zero-order valence-electron chi connectivity index (χ0n) is 15.7. The molecule has 0 fully saturated rings. The fourth-order valence-electron chi connectivity index (χ4n) is 3.53. The highest BCUT2D eigenvalue weighted by atomic mass is 16.5. The topological polar surface area (TPSA) is 67.3 Å². The molecule has 6 heteroatoms. The smallest absolute Gasteiger partial charge is 0.199 e. The molecule has 2 aromatic heterocycles. The summed E-state index contributed by atoms with van der Waals surface area (Å²) in [6, 6.07) is 7.68. The van der Waals surface area contributed by atoms with Crippen LogP contribution in [0.4, 0.5) is 5.82 Å². The van der Waals surface area contributed by atoms with Crippen molar-refractivity contribution in [1.29, 1.82) is 0 Å². The Kier molecular flexibility index (Phi) is 4.49. The van der Waals surface area contributed by atoms with Gasteiger partial charge in [-0.2, -0.15) is 0 Å². The lowest BCUT2D eigenvalue weighted by molar-refractivity contribution is 0.104. The summed E-state index contributed by atoms with van der Waals surface area (Å²) in [5.74, 6) is 1.35. The van der Waals surface area contributed by atoms with E-state index in [1.54, 1.807) is 19.5 Å². The van der Waals surface area contributed by atoms with Gasteiger partial charge in [0.25, 0.3) is 0 Å². The predicted octanol–water partition coefficient (Wildman–Crippen LogP) is 3.21. The molecule has 3 aromatic rings. The third-order valence-corrected chi connectivity index (χ3v) is 4.83. The number of ketones is 1. The Morgan fingerprint density at radius 2 is 2.00 bits per heavy atom. The van der Waals surface area contributed by atoms with Crippen LogP contribution in [0.3, 0.4) is 0 Å². The lowest BCUT2D eigenvalue weighted by Gasteiger charge is -2.14. The van der Waals surface area contributed by atoms with Gasteiger partial charge in [-0.05, 0) is 50.8 Å². The third-order valence-electron chi connectivity index (χ3n) is 4.83. The SMILES string of the molecule is COc1ccc2c3c(c(NCCCN(C)C)nc2c1)C(=O)c1cnccc1-3. The van der Waals surface area contributed by atoms with E-state index in [1.807, 2.05) is 38.4 Å². The number of methoxy groups -OCH3 is 1. The highest BCUT2D eigenvalue weighted by molar-refractivity contribution is 6.27. The Hall–Kier alpha value is -2.99. The number of carbonyl (C=O) groups excluding carboxylic acids is 1. The number of pyridine rings is 2.